The fraction of sp³-hybridized carbons (Fsp3) is 0.438. The largest absolute Gasteiger partial charge is 0.481 e. The quantitative estimate of drug-likeness (QED) is 0.738. The highest BCUT2D eigenvalue weighted by Crippen LogP contribution is 2.23. The molecule has 0 spiro atoms. The number of carbonyl (C=O) groups is 1. The summed E-state index contributed by atoms with van der Waals surface area (Å²) in [5, 5.41) is 9.23. The molecule has 18 heavy (non-hydrogen) atoms. The molecule has 0 aliphatic rings. The summed E-state index contributed by atoms with van der Waals surface area (Å²) in [6.45, 7) is 8.00. The van der Waals surface area contributed by atoms with Crippen LogP contribution in [0.1, 0.15) is 43.7 Å². The average Bonchev–Trinajstić information content (AvgIpc) is 2.30. The number of aliphatic carboxylic acids is 1. The molecule has 1 N–H and O–H groups in total. The number of allylic oxidation sites excluding steroid dienone is 1. The van der Waals surface area contributed by atoms with Gasteiger partial charge in [0.05, 0.1) is 5.92 Å². The van der Waals surface area contributed by atoms with Crippen molar-refractivity contribution < 1.29 is 9.90 Å². The van der Waals surface area contributed by atoms with Crippen molar-refractivity contribution >= 4 is 5.97 Å². The van der Waals surface area contributed by atoms with Crippen LogP contribution >= 0.6 is 0 Å². The molecule has 2 heteroatoms. The first kappa shape index (κ1) is 14.5. The van der Waals surface area contributed by atoms with Crippen LogP contribution in [0.5, 0.6) is 0 Å². The number of rotatable bonds is 7. The standard InChI is InChI=1S/C16H22O2/c1-4-5-6-15(16(17)18)14-9-7-13(8-10-14)11-12(2)3/h4,7-10,12,15H,1,5-6,11H2,2-3H3,(H,17,18). The van der Waals surface area contributed by atoms with E-state index < -0.39 is 11.9 Å². The third kappa shape index (κ3) is 4.36. The third-order valence-corrected chi connectivity index (χ3v) is 2.98. The maximum atomic E-state index is 11.2. The lowest BCUT2D eigenvalue weighted by atomic mass is 9.92. The van der Waals surface area contributed by atoms with Gasteiger partial charge >= 0.3 is 5.97 Å². The molecule has 1 atom stereocenters. The molecule has 0 aliphatic heterocycles. The molecule has 1 rings (SSSR count). The Labute approximate surface area is 109 Å². The summed E-state index contributed by atoms with van der Waals surface area (Å²) in [4.78, 5) is 11.2. The van der Waals surface area contributed by atoms with Crippen molar-refractivity contribution in [3.63, 3.8) is 0 Å². The summed E-state index contributed by atoms with van der Waals surface area (Å²) in [6.07, 6.45) is 4.14. The van der Waals surface area contributed by atoms with Gasteiger partial charge in [-0.25, -0.2) is 0 Å². The van der Waals surface area contributed by atoms with Crippen LogP contribution < -0.4 is 0 Å². The maximum absolute atomic E-state index is 11.2. The van der Waals surface area contributed by atoms with E-state index in [1.54, 1.807) is 6.08 Å². The number of carboxylic acid groups (broad SMARTS) is 1. The lowest BCUT2D eigenvalue weighted by Crippen LogP contribution is -2.11. The molecule has 1 aromatic rings. The number of hydrogen-bond donors (Lipinski definition) is 1. The molecule has 98 valence electrons. The molecule has 0 amide bonds. The van der Waals surface area contributed by atoms with Crippen molar-refractivity contribution in [3.05, 3.63) is 48.0 Å². The fourth-order valence-electron chi connectivity index (χ4n) is 2.07. The first-order valence-corrected chi connectivity index (χ1v) is 6.47. The Morgan fingerprint density at radius 1 is 1.33 bits per heavy atom. The molecule has 2 nitrogen and oxygen atoms in total. The van der Waals surface area contributed by atoms with Gasteiger partial charge in [-0.3, -0.25) is 4.79 Å². The smallest absolute Gasteiger partial charge is 0.310 e. The highest BCUT2D eigenvalue weighted by Gasteiger charge is 2.18. The first-order chi connectivity index (χ1) is 8.54. The van der Waals surface area contributed by atoms with Crippen LogP contribution in [0.25, 0.3) is 0 Å². The van der Waals surface area contributed by atoms with Crippen LogP contribution in [0.2, 0.25) is 0 Å². The van der Waals surface area contributed by atoms with Crippen molar-refractivity contribution in [1.82, 2.24) is 0 Å². The molecule has 0 aliphatic carbocycles. The molecule has 0 heterocycles. The zero-order valence-electron chi connectivity index (χ0n) is 11.2. The van der Waals surface area contributed by atoms with Crippen LogP contribution in [0.4, 0.5) is 0 Å². The third-order valence-electron chi connectivity index (χ3n) is 2.98. The molecule has 1 aromatic carbocycles. The van der Waals surface area contributed by atoms with Gasteiger partial charge in [0.15, 0.2) is 0 Å². The topological polar surface area (TPSA) is 37.3 Å². The normalized spacial score (nSPS) is 12.4. The summed E-state index contributed by atoms with van der Waals surface area (Å²) in [5.41, 5.74) is 2.15. The average molecular weight is 246 g/mol. The molecule has 0 saturated carbocycles. The molecule has 0 bridgehead atoms. The zero-order chi connectivity index (χ0) is 13.5. The second-order valence-corrected chi connectivity index (χ2v) is 5.10. The van der Waals surface area contributed by atoms with E-state index in [2.05, 4.69) is 20.4 Å². The Morgan fingerprint density at radius 3 is 2.39 bits per heavy atom. The molecular formula is C16H22O2. The van der Waals surface area contributed by atoms with Crippen LogP contribution in [0.15, 0.2) is 36.9 Å². The van der Waals surface area contributed by atoms with Crippen molar-refractivity contribution in [2.45, 2.75) is 39.0 Å². The molecular weight excluding hydrogens is 224 g/mol. The lowest BCUT2D eigenvalue weighted by Gasteiger charge is -2.13. The summed E-state index contributed by atoms with van der Waals surface area (Å²) >= 11 is 0. The minimum absolute atomic E-state index is 0.420. The summed E-state index contributed by atoms with van der Waals surface area (Å²) in [5.74, 6) is -0.559. The predicted octanol–water partition coefficient (Wildman–Crippen LogP) is 4.02. The highest BCUT2D eigenvalue weighted by molar-refractivity contribution is 5.76. The Morgan fingerprint density at radius 2 is 1.94 bits per heavy atom. The van der Waals surface area contributed by atoms with Crippen LogP contribution in [0.3, 0.4) is 0 Å². The molecule has 0 aromatic heterocycles. The van der Waals surface area contributed by atoms with E-state index in [1.165, 1.54) is 5.56 Å². The van der Waals surface area contributed by atoms with Gasteiger partial charge in [0.2, 0.25) is 0 Å². The van der Waals surface area contributed by atoms with E-state index in [4.69, 9.17) is 0 Å². The molecule has 1 unspecified atom stereocenters. The van der Waals surface area contributed by atoms with Gasteiger partial charge in [0, 0.05) is 0 Å². The lowest BCUT2D eigenvalue weighted by molar-refractivity contribution is -0.138. The summed E-state index contributed by atoms with van der Waals surface area (Å²) in [7, 11) is 0. The van der Waals surface area contributed by atoms with E-state index in [1.807, 2.05) is 24.3 Å². The SMILES string of the molecule is C=CCCC(C(=O)O)c1ccc(CC(C)C)cc1. The Balaban J connectivity index is 2.79. The van der Waals surface area contributed by atoms with Crippen molar-refractivity contribution in [2.24, 2.45) is 5.92 Å². The van der Waals surface area contributed by atoms with E-state index in [9.17, 15) is 9.90 Å². The molecule has 0 radical (unpaired) electrons. The van der Waals surface area contributed by atoms with E-state index in [0.717, 1.165) is 18.4 Å². The Hall–Kier alpha value is -1.57. The molecule has 0 fully saturated rings. The maximum Gasteiger partial charge on any atom is 0.310 e. The predicted molar refractivity (Wildman–Crippen MR) is 74.8 cm³/mol. The Bertz CT molecular complexity index is 390. The van der Waals surface area contributed by atoms with Crippen molar-refractivity contribution in [2.75, 3.05) is 0 Å². The van der Waals surface area contributed by atoms with Gasteiger partial charge < -0.3 is 5.11 Å². The number of carboxylic acids is 1. The fourth-order valence-corrected chi connectivity index (χ4v) is 2.07. The van der Waals surface area contributed by atoms with E-state index in [0.29, 0.717) is 12.3 Å². The number of hydrogen-bond acceptors (Lipinski definition) is 1. The Kier molecular flexibility index (Phi) is 5.63. The second-order valence-electron chi connectivity index (χ2n) is 5.10. The van der Waals surface area contributed by atoms with Crippen LogP contribution in [-0.2, 0) is 11.2 Å². The zero-order valence-corrected chi connectivity index (χ0v) is 11.2. The molecule has 0 saturated heterocycles. The van der Waals surface area contributed by atoms with Gasteiger partial charge in [0.25, 0.3) is 0 Å². The minimum Gasteiger partial charge on any atom is -0.481 e. The van der Waals surface area contributed by atoms with Gasteiger partial charge in [-0.15, -0.1) is 6.58 Å². The second kappa shape index (κ2) is 7.00. The van der Waals surface area contributed by atoms with Crippen LogP contribution in [0, 0.1) is 5.92 Å². The van der Waals surface area contributed by atoms with Gasteiger partial charge in [-0.05, 0) is 36.3 Å². The van der Waals surface area contributed by atoms with E-state index in [-0.39, 0.29) is 0 Å². The van der Waals surface area contributed by atoms with Crippen molar-refractivity contribution in [1.29, 1.82) is 0 Å². The van der Waals surface area contributed by atoms with Crippen molar-refractivity contribution in [3.8, 4) is 0 Å². The van der Waals surface area contributed by atoms with E-state index >= 15 is 0 Å². The van der Waals surface area contributed by atoms with Gasteiger partial charge in [0.1, 0.15) is 0 Å². The highest BCUT2D eigenvalue weighted by atomic mass is 16.4. The van der Waals surface area contributed by atoms with Crippen LogP contribution in [-0.4, -0.2) is 11.1 Å². The summed E-state index contributed by atoms with van der Waals surface area (Å²) < 4.78 is 0. The monoisotopic (exact) mass is 246 g/mol. The summed E-state index contributed by atoms with van der Waals surface area (Å²) in [6, 6.07) is 7.97. The number of benzene rings is 1. The first-order valence-electron chi connectivity index (χ1n) is 6.47. The van der Waals surface area contributed by atoms with Gasteiger partial charge in [-0.2, -0.15) is 0 Å². The van der Waals surface area contributed by atoms with Gasteiger partial charge in [-0.1, -0.05) is 44.2 Å². The minimum atomic E-state index is -0.756.